The number of amidine groups is 1. The van der Waals surface area contributed by atoms with Crippen LogP contribution in [0.25, 0.3) is 0 Å². The number of aryl methyl sites for hydroxylation is 1. The van der Waals surface area contributed by atoms with Crippen molar-refractivity contribution in [2.45, 2.75) is 26.2 Å². The van der Waals surface area contributed by atoms with E-state index < -0.39 is 23.4 Å². The number of likely N-dealkylation sites (tertiary alicyclic amines) is 1. The normalized spacial score (nSPS) is 13.3. The maximum atomic E-state index is 14.9. The van der Waals surface area contributed by atoms with E-state index in [1.165, 1.54) is 18.2 Å². The van der Waals surface area contributed by atoms with E-state index in [9.17, 15) is 18.4 Å². The van der Waals surface area contributed by atoms with Crippen LogP contribution < -0.4 is 10.6 Å². The van der Waals surface area contributed by atoms with E-state index in [1.807, 2.05) is 11.8 Å². The minimum Gasteiger partial charge on any atom is -0.357 e. The van der Waals surface area contributed by atoms with Gasteiger partial charge in [-0.05, 0) is 68.1 Å². The van der Waals surface area contributed by atoms with Gasteiger partial charge in [0.25, 0.3) is 11.8 Å². The van der Waals surface area contributed by atoms with Crippen molar-refractivity contribution in [1.82, 2.24) is 9.88 Å². The zero-order valence-corrected chi connectivity index (χ0v) is 19.2. The van der Waals surface area contributed by atoms with Crippen molar-refractivity contribution >= 4 is 29.2 Å². The summed E-state index contributed by atoms with van der Waals surface area (Å²) in [5.41, 5.74) is 0.917. The van der Waals surface area contributed by atoms with Gasteiger partial charge >= 0.3 is 0 Å². The smallest absolute Gasteiger partial charge is 0.259 e. The van der Waals surface area contributed by atoms with Crippen LogP contribution in [0.2, 0.25) is 0 Å². The average Bonchev–Trinajstić information content (AvgIpc) is 2.86. The van der Waals surface area contributed by atoms with E-state index in [2.05, 4.69) is 15.6 Å². The van der Waals surface area contributed by atoms with Crippen LogP contribution in [-0.4, -0.2) is 40.6 Å². The van der Waals surface area contributed by atoms with Gasteiger partial charge in [-0.2, -0.15) is 0 Å². The predicted octanol–water partition coefficient (Wildman–Crippen LogP) is 4.98. The molecule has 0 unspecified atom stereocenters. The number of pyridine rings is 1. The summed E-state index contributed by atoms with van der Waals surface area (Å²) in [6.45, 7) is 3.34. The summed E-state index contributed by atoms with van der Waals surface area (Å²) >= 11 is 0. The maximum Gasteiger partial charge on any atom is 0.259 e. The first-order valence-corrected chi connectivity index (χ1v) is 11.3. The average molecular weight is 478 g/mol. The minimum absolute atomic E-state index is 0.0190. The molecule has 0 atom stereocenters. The molecule has 0 saturated carbocycles. The van der Waals surface area contributed by atoms with Gasteiger partial charge < -0.3 is 15.5 Å². The molecular weight excluding hydrogens is 452 g/mol. The first-order chi connectivity index (χ1) is 16.8. The summed E-state index contributed by atoms with van der Waals surface area (Å²) in [5.74, 6) is -2.46. The lowest BCUT2D eigenvalue weighted by Crippen LogP contribution is -2.35. The molecule has 1 fully saturated rings. The third kappa shape index (κ3) is 5.68. The number of nitrogens with zero attached hydrogens (tertiary/aromatic N) is 2. The Kier molecular flexibility index (Phi) is 7.14. The molecule has 9 heteroatoms. The summed E-state index contributed by atoms with van der Waals surface area (Å²) in [5, 5.41) is 13.4. The molecule has 7 nitrogen and oxygen atoms in total. The number of piperidine rings is 1. The Morgan fingerprint density at radius 3 is 2.34 bits per heavy atom. The summed E-state index contributed by atoms with van der Waals surface area (Å²) < 4.78 is 28.8. The Bertz CT molecular complexity index is 1270. The summed E-state index contributed by atoms with van der Waals surface area (Å²) in [4.78, 5) is 31.6. The number of halogens is 2. The fourth-order valence-electron chi connectivity index (χ4n) is 3.88. The van der Waals surface area contributed by atoms with Gasteiger partial charge in [0.2, 0.25) is 0 Å². The summed E-state index contributed by atoms with van der Waals surface area (Å²) in [6.07, 6.45) is 4.65. The monoisotopic (exact) mass is 477 g/mol. The van der Waals surface area contributed by atoms with Gasteiger partial charge in [-0.15, -0.1) is 0 Å². The Labute approximate surface area is 201 Å². The van der Waals surface area contributed by atoms with Crippen LogP contribution in [0.1, 0.15) is 51.1 Å². The number of benzene rings is 2. The molecule has 2 aromatic carbocycles. The van der Waals surface area contributed by atoms with Crippen LogP contribution in [0, 0.1) is 24.0 Å². The number of hydrogen-bond acceptors (Lipinski definition) is 4. The molecule has 0 spiro atoms. The Hall–Kier alpha value is -4.14. The Balaban J connectivity index is 1.52. The second kappa shape index (κ2) is 10.4. The van der Waals surface area contributed by atoms with Crippen molar-refractivity contribution in [3.63, 3.8) is 0 Å². The number of anilines is 2. The number of nitrogens with one attached hydrogen (secondary N) is 3. The summed E-state index contributed by atoms with van der Waals surface area (Å²) in [6, 6.07) is 10.7. The topological polar surface area (TPSA) is 98.2 Å². The van der Waals surface area contributed by atoms with Crippen LogP contribution in [0.3, 0.4) is 0 Å². The number of hydrogen-bond donors (Lipinski definition) is 3. The predicted molar refractivity (Wildman–Crippen MR) is 130 cm³/mol. The lowest BCUT2D eigenvalue weighted by molar-refractivity contribution is 0.102. The van der Waals surface area contributed by atoms with E-state index in [0.717, 1.165) is 56.1 Å². The van der Waals surface area contributed by atoms with E-state index in [-0.39, 0.29) is 28.5 Å². The molecule has 180 valence electrons. The zero-order valence-electron chi connectivity index (χ0n) is 19.2. The molecule has 1 aliphatic heterocycles. The van der Waals surface area contributed by atoms with Gasteiger partial charge in [0, 0.05) is 24.8 Å². The molecule has 0 radical (unpaired) electrons. The Morgan fingerprint density at radius 2 is 1.66 bits per heavy atom. The molecule has 0 aliphatic carbocycles. The number of aromatic nitrogens is 1. The van der Waals surface area contributed by atoms with E-state index in [0.29, 0.717) is 5.56 Å². The van der Waals surface area contributed by atoms with E-state index in [4.69, 9.17) is 5.41 Å². The van der Waals surface area contributed by atoms with Gasteiger partial charge in [0.1, 0.15) is 23.3 Å². The van der Waals surface area contributed by atoms with E-state index >= 15 is 0 Å². The first kappa shape index (κ1) is 24.0. The fourth-order valence-corrected chi connectivity index (χ4v) is 3.88. The number of rotatable bonds is 5. The third-order valence-corrected chi connectivity index (χ3v) is 5.79. The van der Waals surface area contributed by atoms with Crippen molar-refractivity contribution in [3.05, 3.63) is 88.6 Å². The van der Waals surface area contributed by atoms with Crippen molar-refractivity contribution in [2.75, 3.05) is 23.7 Å². The second-order valence-electron chi connectivity index (χ2n) is 8.41. The minimum atomic E-state index is -0.798. The second-order valence-corrected chi connectivity index (χ2v) is 8.41. The molecule has 1 aliphatic rings. The number of carbonyl (C=O) groups is 2. The first-order valence-electron chi connectivity index (χ1n) is 11.3. The SMILES string of the molecule is Cc1ccc(NC(=O)c2cc(F)ccc2NC(=O)c2ccc(C(=N)N3CCCCC3)cc2F)nc1. The van der Waals surface area contributed by atoms with Gasteiger partial charge in [0.05, 0.1) is 16.8 Å². The van der Waals surface area contributed by atoms with Crippen molar-refractivity contribution in [2.24, 2.45) is 0 Å². The highest BCUT2D eigenvalue weighted by molar-refractivity contribution is 6.12. The number of carbonyl (C=O) groups excluding carboxylic acids is 2. The molecule has 0 bridgehead atoms. The Morgan fingerprint density at radius 1 is 0.914 bits per heavy atom. The van der Waals surface area contributed by atoms with Crippen LogP contribution in [0.15, 0.2) is 54.7 Å². The van der Waals surface area contributed by atoms with Crippen molar-refractivity contribution in [1.29, 1.82) is 5.41 Å². The van der Waals surface area contributed by atoms with Gasteiger partial charge in [-0.3, -0.25) is 15.0 Å². The lowest BCUT2D eigenvalue weighted by Gasteiger charge is -2.29. The molecule has 35 heavy (non-hydrogen) atoms. The maximum absolute atomic E-state index is 14.9. The summed E-state index contributed by atoms with van der Waals surface area (Å²) in [7, 11) is 0. The molecular formula is C26H25F2N5O2. The fraction of sp³-hybridized carbons (Fsp3) is 0.231. The molecule has 4 rings (SSSR count). The molecule has 3 aromatic rings. The quantitative estimate of drug-likeness (QED) is 0.356. The molecule has 2 amide bonds. The highest BCUT2D eigenvalue weighted by atomic mass is 19.1. The van der Waals surface area contributed by atoms with Crippen LogP contribution in [-0.2, 0) is 0 Å². The van der Waals surface area contributed by atoms with Crippen LogP contribution >= 0.6 is 0 Å². The van der Waals surface area contributed by atoms with Gasteiger partial charge in [-0.25, -0.2) is 13.8 Å². The largest absolute Gasteiger partial charge is 0.357 e. The third-order valence-electron chi connectivity index (χ3n) is 5.79. The van der Waals surface area contributed by atoms with E-state index in [1.54, 1.807) is 18.3 Å². The lowest BCUT2D eigenvalue weighted by atomic mass is 10.1. The van der Waals surface area contributed by atoms with Crippen molar-refractivity contribution < 1.29 is 18.4 Å². The number of amides is 2. The van der Waals surface area contributed by atoms with Gasteiger partial charge in [-0.1, -0.05) is 12.1 Å². The molecule has 1 aromatic heterocycles. The zero-order chi connectivity index (χ0) is 24.9. The highest BCUT2D eigenvalue weighted by Crippen LogP contribution is 2.22. The highest BCUT2D eigenvalue weighted by Gasteiger charge is 2.20. The van der Waals surface area contributed by atoms with Crippen LogP contribution in [0.5, 0.6) is 0 Å². The molecule has 3 N–H and O–H groups in total. The molecule has 1 saturated heterocycles. The standard InChI is InChI=1S/C26H25F2N5O2/c1-16-5-10-23(30-15-16)32-26(35)20-14-18(27)7-9-22(20)31-25(34)19-8-6-17(13-21(19)28)24(29)33-11-3-2-4-12-33/h5-10,13-15,29H,2-4,11-12H2,1H3,(H,31,34)(H,30,32,35). The van der Waals surface area contributed by atoms with Gasteiger partial charge in [0.15, 0.2) is 0 Å². The van der Waals surface area contributed by atoms with Crippen molar-refractivity contribution in [3.8, 4) is 0 Å². The molecule has 2 heterocycles. The van der Waals surface area contributed by atoms with Crippen LogP contribution in [0.4, 0.5) is 20.3 Å².